The second-order valence-electron chi connectivity index (χ2n) is 2.22. The Kier molecular flexibility index (Phi) is 9.03. The Bertz CT molecular complexity index is 115. The molecule has 0 fully saturated rings. The van der Waals surface area contributed by atoms with E-state index in [2.05, 4.69) is 31.6 Å². The van der Waals surface area contributed by atoms with Crippen molar-refractivity contribution in [1.82, 2.24) is 0 Å². The quantitative estimate of drug-likeness (QED) is 0.281. The van der Waals surface area contributed by atoms with Crippen LogP contribution < -0.4 is 0 Å². The Morgan fingerprint density at radius 2 is 1.50 bits per heavy atom. The molecular formula is C6H13BF4S. The van der Waals surface area contributed by atoms with E-state index < -0.39 is 7.25 Å². The molecule has 0 nitrogen and oxygen atoms in total. The van der Waals surface area contributed by atoms with Crippen LogP contribution >= 0.6 is 0 Å². The zero-order valence-electron chi connectivity index (χ0n) is 7.36. The van der Waals surface area contributed by atoms with Gasteiger partial charge >= 0.3 is 7.25 Å². The average Bonchev–Trinajstić information content (AvgIpc) is 1.79. The minimum Gasteiger partial charge on any atom is -0.418 e. The first-order valence-electron chi connectivity index (χ1n) is 3.30. The van der Waals surface area contributed by atoms with Gasteiger partial charge < -0.3 is 17.3 Å². The molecule has 12 heavy (non-hydrogen) atoms. The van der Waals surface area contributed by atoms with Crippen molar-refractivity contribution >= 4 is 18.1 Å². The third-order valence-corrected chi connectivity index (χ3v) is 1.52. The highest BCUT2D eigenvalue weighted by molar-refractivity contribution is 7.95. The first-order chi connectivity index (χ1) is 5.27. The Balaban J connectivity index is 0. The minimum absolute atomic E-state index is 0.598. The van der Waals surface area contributed by atoms with Crippen LogP contribution in [0.2, 0.25) is 0 Å². The largest absolute Gasteiger partial charge is 0.673 e. The zero-order chi connectivity index (χ0) is 10.2. The van der Waals surface area contributed by atoms with Crippen molar-refractivity contribution in [2.75, 3.05) is 18.3 Å². The maximum absolute atomic E-state index is 9.75. The van der Waals surface area contributed by atoms with Gasteiger partial charge in [0.2, 0.25) is 0 Å². The number of hydrogen-bond acceptors (Lipinski definition) is 0. The van der Waals surface area contributed by atoms with Crippen LogP contribution in [0.15, 0.2) is 12.2 Å². The summed E-state index contributed by atoms with van der Waals surface area (Å²) in [6.45, 7) is 2.06. The second kappa shape index (κ2) is 7.52. The summed E-state index contributed by atoms with van der Waals surface area (Å²) in [6.07, 6.45) is 8.82. The maximum atomic E-state index is 9.75. The van der Waals surface area contributed by atoms with Gasteiger partial charge in [-0.2, -0.15) is 0 Å². The molecule has 0 aromatic heterocycles. The van der Waals surface area contributed by atoms with Gasteiger partial charge in [0.05, 0.1) is 12.5 Å². The summed E-state index contributed by atoms with van der Waals surface area (Å²) in [5.41, 5.74) is 0. The summed E-state index contributed by atoms with van der Waals surface area (Å²) in [6, 6.07) is 0. The highest BCUT2D eigenvalue weighted by Crippen LogP contribution is 2.06. The van der Waals surface area contributed by atoms with Gasteiger partial charge in [-0.1, -0.05) is 6.08 Å². The molecule has 0 atom stereocenters. The fourth-order valence-electron chi connectivity index (χ4n) is 0.289. The van der Waals surface area contributed by atoms with Gasteiger partial charge in [0, 0.05) is 0 Å². The van der Waals surface area contributed by atoms with Crippen LogP contribution in [-0.4, -0.2) is 25.5 Å². The van der Waals surface area contributed by atoms with Crippen molar-refractivity contribution in [3.05, 3.63) is 12.2 Å². The Hall–Kier alpha value is -0.125. The van der Waals surface area contributed by atoms with Crippen LogP contribution in [0.25, 0.3) is 0 Å². The number of hydrogen-bond donors (Lipinski definition) is 0. The molecule has 0 amide bonds. The van der Waals surface area contributed by atoms with E-state index in [0.29, 0.717) is 10.9 Å². The third kappa shape index (κ3) is 51.8. The van der Waals surface area contributed by atoms with E-state index in [1.54, 1.807) is 0 Å². The standard InChI is InChI=1S/C6H13S.BF4/c1-4-5-6-7(2)3;2-1(3,4)5/h4-5H,6H2,1-3H3;/q+1;-1/b5-4+;. The monoisotopic (exact) mass is 204 g/mol. The normalized spacial score (nSPS) is 11.7. The van der Waals surface area contributed by atoms with E-state index in [4.69, 9.17) is 0 Å². The molecule has 0 saturated heterocycles. The van der Waals surface area contributed by atoms with Crippen LogP contribution in [0.1, 0.15) is 6.92 Å². The number of halogens is 4. The van der Waals surface area contributed by atoms with E-state index in [1.165, 1.54) is 5.75 Å². The van der Waals surface area contributed by atoms with Gasteiger partial charge in [-0.25, -0.2) is 0 Å². The Labute approximate surface area is 73.5 Å². The van der Waals surface area contributed by atoms with E-state index in [9.17, 15) is 17.3 Å². The van der Waals surface area contributed by atoms with Gasteiger partial charge in [-0.3, -0.25) is 0 Å². The molecule has 6 heteroatoms. The van der Waals surface area contributed by atoms with Crippen LogP contribution in [0.3, 0.4) is 0 Å². The predicted molar refractivity (Wildman–Crippen MR) is 49.1 cm³/mol. The highest BCUT2D eigenvalue weighted by atomic mass is 32.2. The fraction of sp³-hybridized carbons (Fsp3) is 0.667. The van der Waals surface area contributed by atoms with Gasteiger partial charge in [0.25, 0.3) is 0 Å². The molecule has 0 spiro atoms. The molecule has 0 radical (unpaired) electrons. The summed E-state index contributed by atoms with van der Waals surface area (Å²) >= 11 is 0. The highest BCUT2D eigenvalue weighted by Gasteiger charge is 2.20. The second-order valence-corrected chi connectivity index (χ2v) is 4.52. The summed E-state index contributed by atoms with van der Waals surface area (Å²) in [5, 5.41) is 0. The molecular weight excluding hydrogens is 191 g/mol. The molecule has 74 valence electrons. The van der Waals surface area contributed by atoms with Gasteiger partial charge in [0.15, 0.2) is 0 Å². The predicted octanol–water partition coefficient (Wildman–Crippen LogP) is 2.74. The van der Waals surface area contributed by atoms with Crippen molar-refractivity contribution in [2.24, 2.45) is 0 Å². The lowest BCUT2D eigenvalue weighted by atomic mass is 10.3. The zero-order valence-corrected chi connectivity index (χ0v) is 8.18. The molecule has 0 aliphatic heterocycles. The SMILES string of the molecule is C/C=C/C[S+](C)C.F[B-](F)(F)F. The van der Waals surface area contributed by atoms with Crippen molar-refractivity contribution < 1.29 is 17.3 Å². The molecule has 0 unspecified atom stereocenters. The molecule has 0 aromatic rings. The molecule has 0 aromatic carbocycles. The van der Waals surface area contributed by atoms with Crippen LogP contribution in [0.5, 0.6) is 0 Å². The van der Waals surface area contributed by atoms with E-state index >= 15 is 0 Å². The molecule has 0 heterocycles. The number of rotatable bonds is 2. The molecule has 0 N–H and O–H groups in total. The van der Waals surface area contributed by atoms with Gasteiger partial charge in [-0.15, -0.1) is 0 Å². The maximum Gasteiger partial charge on any atom is 0.673 e. The first-order valence-corrected chi connectivity index (χ1v) is 5.51. The smallest absolute Gasteiger partial charge is 0.418 e. The molecule has 0 aliphatic carbocycles. The Morgan fingerprint density at radius 1 is 1.17 bits per heavy atom. The van der Waals surface area contributed by atoms with Crippen LogP contribution in [0.4, 0.5) is 17.3 Å². The van der Waals surface area contributed by atoms with Crippen molar-refractivity contribution in [3.63, 3.8) is 0 Å². The van der Waals surface area contributed by atoms with Crippen molar-refractivity contribution in [1.29, 1.82) is 0 Å². The summed E-state index contributed by atoms with van der Waals surface area (Å²) in [7, 11) is -5.40. The fourth-order valence-corrected chi connectivity index (χ4v) is 0.866. The van der Waals surface area contributed by atoms with Crippen LogP contribution in [-0.2, 0) is 10.9 Å². The third-order valence-electron chi connectivity index (χ3n) is 0.665. The Morgan fingerprint density at radius 3 is 1.58 bits per heavy atom. The summed E-state index contributed by atoms with van der Waals surface area (Å²) in [5.74, 6) is 1.25. The summed E-state index contributed by atoms with van der Waals surface area (Å²) < 4.78 is 39.0. The molecule has 0 rings (SSSR count). The van der Waals surface area contributed by atoms with Crippen LogP contribution in [0, 0.1) is 0 Å². The molecule has 0 aliphatic rings. The molecule has 0 bridgehead atoms. The lowest BCUT2D eigenvalue weighted by Crippen LogP contribution is -2.02. The lowest BCUT2D eigenvalue weighted by molar-refractivity contribution is 0.368. The lowest BCUT2D eigenvalue weighted by Gasteiger charge is -1.94. The van der Waals surface area contributed by atoms with E-state index in [-0.39, 0.29) is 0 Å². The van der Waals surface area contributed by atoms with Gasteiger partial charge in [0.1, 0.15) is 5.75 Å². The topological polar surface area (TPSA) is 0 Å². The first kappa shape index (κ1) is 14.4. The van der Waals surface area contributed by atoms with Crippen molar-refractivity contribution in [2.45, 2.75) is 6.92 Å². The number of allylic oxidation sites excluding steroid dienone is 1. The molecule has 0 saturated carbocycles. The van der Waals surface area contributed by atoms with Gasteiger partial charge in [-0.05, 0) is 23.9 Å². The average molecular weight is 204 g/mol. The van der Waals surface area contributed by atoms with E-state index in [0.717, 1.165) is 0 Å². The van der Waals surface area contributed by atoms with Crippen molar-refractivity contribution in [3.8, 4) is 0 Å². The summed E-state index contributed by atoms with van der Waals surface area (Å²) in [4.78, 5) is 0. The minimum atomic E-state index is -6.00. The van der Waals surface area contributed by atoms with E-state index in [1.807, 2.05) is 0 Å².